The lowest BCUT2D eigenvalue weighted by Crippen LogP contribution is -2.23. The standard InChI is InChI=1S/C14H22BrN/c1-10(2)12(4)8-16-9-13-6-5-11(3)7-14(13)15/h5-7,10,12,16H,8-9H2,1-4H3. The molecule has 0 aliphatic carbocycles. The van der Waals surface area contributed by atoms with Gasteiger partial charge in [0.05, 0.1) is 0 Å². The van der Waals surface area contributed by atoms with Crippen LogP contribution in [0.4, 0.5) is 0 Å². The molecule has 0 saturated carbocycles. The summed E-state index contributed by atoms with van der Waals surface area (Å²) in [6, 6.07) is 6.52. The topological polar surface area (TPSA) is 12.0 Å². The maximum absolute atomic E-state index is 3.60. The van der Waals surface area contributed by atoms with Crippen molar-refractivity contribution in [2.75, 3.05) is 6.54 Å². The number of hydrogen-bond acceptors (Lipinski definition) is 1. The molecule has 0 radical (unpaired) electrons. The minimum absolute atomic E-state index is 0.726. The van der Waals surface area contributed by atoms with Crippen molar-refractivity contribution in [2.45, 2.75) is 34.2 Å². The predicted molar refractivity (Wildman–Crippen MR) is 74.6 cm³/mol. The summed E-state index contributed by atoms with van der Waals surface area (Å²) in [5.41, 5.74) is 2.63. The largest absolute Gasteiger partial charge is 0.312 e. The molecule has 1 atom stereocenters. The van der Waals surface area contributed by atoms with Crippen LogP contribution in [0.25, 0.3) is 0 Å². The van der Waals surface area contributed by atoms with Gasteiger partial charge in [0.1, 0.15) is 0 Å². The van der Waals surface area contributed by atoms with E-state index in [9.17, 15) is 0 Å². The Labute approximate surface area is 108 Å². The molecule has 0 saturated heterocycles. The molecule has 0 aliphatic rings. The Morgan fingerprint density at radius 2 is 1.94 bits per heavy atom. The molecule has 0 spiro atoms. The molecule has 2 heteroatoms. The number of benzene rings is 1. The van der Waals surface area contributed by atoms with Gasteiger partial charge in [-0.2, -0.15) is 0 Å². The molecule has 1 rings (SSSR count). The average molecular weight is 284 g/mol. The Morgan fingerprint density at radius 1 is 1.25 bits per heavy atom. The second-order valence-electron chi connectivity index (χ2n) is 4.95. The highest BCUT2D eigenvalue weighted by atomic mass is 79.9. The van der Waals surface area contributed by atoms with Gasteiger partial charge in [-0.3, -0.25) is 0 Å². The van der Waals surface area contributed by atoms with Crippen LogP contribution < -0.4 is 5.32 Å². The molecule has 0 aliphatic heterocycles. The van der Waals surface area contributed by atoms with Crippen molar-refractivity contribution < 1.29 is 0 Å². The van der Waals surface area contributed by atoms with Crippen LogP contribution in [0.3, 0.4) is 0 Å². The molecule has 0 amide bonds. The van der Waals surface area contributed by atoms with Gasteiger partial charge in [-0.25, -0.2) is 0 Å². The van der Waals surface area contributed by atoms with E-state index in [1.165, 1.54) is 15.6 Å². The smallest absolute Gasteiger partial charge is 0.0222 e. The molecule has 1 unspecified atom stereocenters. The first-order valence-electron chi connectivity index (χ1n) is 5.96. The van der Waals surface area contributed by atoms with Gasteiger partial charge in [0.2, 0.25) is 0 Å². The van der Waals surface area contributed by atoms with E-state index >= 15 is 0 Å². The quantitative estimate of drug-likeness (QED) is 0.857. The van der Waals surface area contributed by atoms with Gasteiger partial charge in [0.15, 0.2) is 0 Å². The van der Waals surface area contributed by atoms with Gasteiger partial charge in [0, 0.05) is 11.0 Å². The molecular weight excluding hydrogens is 262 g/mol. The zero-order valence-electron chi connectivity index (χ0n) is 10.7. The van der Waals surface area contributed by atoms with Gasteiger partial charge < -0.3 is 5.32 Å². The van der Waals surface area contributed by atoms with Crippen molar-refractivity contribution in [1.29, 1.82) is 0 Å². The van der Waals surface area contributed by atoms with E-state index in [1.54, 1.807) is 0 Å². The van der Waals surface area contributed by atoms with Crippen LogP contribution in [-0.4, -0.2) is 6.54 Å². The third kappa shape index (κ3) is 4.26. The molecule has 90 valence electrons. The van der Waals surface area contributed by atoms with Crippen molar-refractivity contribution in [2.24, 2.45) is 11.8 Å². The Balaban J connectivity index is 2.43. The number of halogens is 1. The lowest BCUT2D eigenvalue weighted by atomic mass is 9.98. The van der Waals surface area contributed by atoms with Gasteiger partial charge >= 0.3 is 0 Å². The number of aryl methyl sites for hydroxylation is 1. The van der Waals surface area contributed by atoms with Crippen molar-refractivity contribution in [3.8, 4) is 0 Å². The van der Waals surface area contributed by atoms with Crippen LogP contribution in [0.2, 0.25) is 0 Å². The number of nitrogens with one attached hydrogen (secondary N) is 1. The highest BCUT2D eigenvalue weighted by Gasteiger charge is 2.06. The highest BCUT2D eigenvalue weighted by molar-refractivity contribution is 9.10. The van der Waals surface area contributed by atoms with Crippen molar-refractivity contribution in [3.05, 3.63) is 33.8 Å². The van der Waals surface area contributed by atoms with Gasteiger partial charge in [-0.1, -0.05) is 48.8 Å². The van der Waals surface area contributed by atoms with E-state index < -0.39 is 0 Å². The normalized spacial score (nSPS) is 13.1. The van der Waals surface area contributed by atoms with E-state index in [0.29, 0.717) is 0 Å². The predicted octanol–water partition coefficient (Wildman–Crippen LogP) is 4.14. The zero-order valence-corrected chi connectivity index (χ0v) is 12.3. The summed E-state index contributed by atoms with van der Waals surface area (Å²) in [6.45, 7) is 11.0. The summed E-state index contributed by atoms with van der Waals surface area (Å²) < 4.78 is 1.21. The second-order valence-corrected chi connectivity index (χ2v) is 5.80. The van der Waals surface area contributed by atoms with Crippen molar-refractivity contribution in [1.82, 2.24) is 5.32 Å². The third-order valence-electron chi connectivity index (χ3n) is 3.13. The minimum atomic E-state index is 0.726. The van der Waals surface area contributed by atoms with E-state index in [0.717, 1.165) is 24.9 Å². The molecule has 1 aromatic rings. The number of hydrogen-bond donors (Lipinski definition) is 1. The lowest BCUT2D eigenvalue weighted by molar-refractivity contribution is 0.392. The van der Waals surface area contributed by atoms with Gasteiger partial charge in [0.25, 0.3) is 0 Å². The Hall–Kier alpha value is -0.340. The summed E-state index contributed by atoms with van der Waals surface area (Å²) in [6.07, 6.45) is 0. The lowest BCUT2D eigenvalue weighted by Gasteiger charge is -2.16. The third-order valence-corrected chi connectivity index (χ3v) is 3.87. The number of rotatable bonds is 5. The second kappa shape index (κ2) is 6.41. The maximum Gasteiger partial charge on any atom is 0.0222 e. The summed E-state index contributed by atoms with van der Waals surface area (Å²) >= 11 is 3.60. The fourth-order valence-corrected chi connectivity index (χ4v) is 2.10. The van der Waals surface area contributed by atoms with Crippen LogP contribution in [0, 0.1) is 18.8 Å². The van der Waals surface area contributed by atoms with E-state index in [-0.39, 0.29) is 0 Å². The monoisotopic (exact) mass is 283 g/mol. The highest BCUT2D eigenvalue weighted by Crippen LogP contribution is 2.18. The van der Waals surface area contributed by atoms with Gasteiger partial charge in [-0.05, 0) is 42.5 Å². The van der Waals surface area contributed by atoms with Crippen molar-refractivity contribution in [3.63, 3.8) is 0 Å². The first-order valence-corrected chi connectivity index (χ1v) is 6.75. The summed E-state index contributed by atoms with van der Waals surface area (Å²) in [5, 5.41) is 3.51. The molecule has 1 aromatic carbocycles. The average Bonchev–Trinajstić information content (AvgIpc) is 2.20. The zero-order chi connectivity index (χ0) is 12.1. The molecule has 0 heterocycles. The fraction of sp³-hybridized carbons (Fsp3) is 0.571. The Kier molecular flexibility index (Phi) is 5.50. The summed E-state index contributed by atoms with van der Waals surface area (Å²) in [4.78, 5) is 0. The molecule has 1 N–H and O–H groups in total. The van der Waals surface area contributed by atoms with Crippen LogP contribution in [0.15, 0.2) is 22.7 Å². The molecule has 0 aromatic heterocycles. The summed E-state index contributed by atoms with van der Waals surface area (Å²) in [5.74, 6) is 1.47. The Morgan fingerprint density at radius 3 is 2.50 bits per heavy atom. The Bertz CT molecular complexity index is 334. The van der Waals surface area contributed by atoms with Crippen LogP contribution >= 0.6 is 15.9 Å². The van der Waals surface area contributed by atoms with E-state index in [4.69, 9.17) is 0 Å². The maximum atomic E-state index is 3.60. The molecule has 16 heavy (non-hydrogen) atoms. The van der Waals surface area contributed by atoms with Crippen LogP contribution in [0.5, 0.6) is 0 Å². The SMILES string of the molecule is Cc1ccc(CNCC(C)C(C)C)c(Br)c1. The fourth-order valence-electron chi connectivity index (χ4n) is 1.47. The van der Waals surface area contributed by atoms with Gasteiger partial charge in [-0.15, -0.1) is 0 Å². The molecule has 0 fully saturated rings. The van der Waals surface area contributed by atoms with Crippen LogP contribution in [-0.2, 0) is 6.54 Å². The first kappa shape index (κ1) is 13.7. The van der Waals surface area contributed by atoms with Crippen molar-refractivity contribution >= 4 is 15.9 Å². The minimum Gasteiger partial charge on any atom is -0.312 e. The summed E-state index contributed by atoms with van der Waals surface area (Å²) in [7, 11) is 0. The molecular formula is C14H22BrN. The first-order chi connectivity index (χ1) is 7.50. The molecule has 0 bridgehead atoms. The molecule has 1 nitrogen and oxygen atoms in total. The van der Waals surface area contributed by atoms with Crippen LogP contribution in [0.1, 0.15) is 31.9 Å². The van der Waals surface area contributed by atoms with E-state index in [2.05, 4.69) is 67.1 Å². The van der Waals surface area contributed by atoms with E-state index in [1.807, 2.05) is 0 Å².